The van der Waals surface area contributed by atoms with E-state index < -0.39 is 5.97 Å². The Morgan fingerprint density at radius 3 is 2.62 bits per heavy atom. The Kier molecular flexibility index (Phi) is 4.32. The van der Waals surface area contributed by atoms with Crippen LogP contribution in [0.2, 0.25) is 0 Å². The van der Waals surface area contributed by atoms with Crippen LogP contribution < -0.4 is 5.32 Å². The van der Waals surface area contributed by atoms with Crippen LogP contribution in [0.1, 0.15) is 17.3 Å². The summed E-state index contributed by atoms with van der Waals surface area (Å²) in [6, 6.07) is 3.62. The van der Waals surface area contributed by atoms with Crippen LogP contribution in [-0.4, -0.2) is 64.7 Å². The highest BCUT2D eigenvalue weighted by Gasteiger charge is 2.26. The number of anilines is 1. The molecule has 1 aliphatic heterocycles. The van der Waals surface area contributed by atoms with Crippen molar-refractivity contribution in [2.24, 2.45) is 0 Å². The molecule has 7 heteroatoms. The van der Waals surface area contributed by atoms with Gasteiger partial charge in [0.05, 0.1) is 11.3 Å². The molecule has 0 aliphatic carbocycles. The highest BCUT2D eigenvalue weighted by atomic mass is 16.4. The molecule has 1 atom stereocenters. The van der Waals surface area contributed by atoms with E-state index in [-0.39, 0.29) is 29.1 Å². The minimum atomic E-state index is -1.13. The number of hydrogen-bond donors (Lipinski definition) is 3. The molecule has 0 saturated carbocycles. The van der Waals surface area contributed by atoms with Crippen LogP contribution in [0.25, 0.3) is 0 Å². The maximum atomic E-state index is 12.2. The van der Waals surface area contributed by atoms with Crippen molar-refractivity contribution in [3.05, 3.63) is 23.8 Å². The van der Waals surface area contributed by atoms with Crippen molar-refractivity contribution in [3.63, 3.8) is 0 Å². The predicted octanol–water partition coefficient (Wildman–Crippen LogP) is 1.26. The quantitative estimate of drug-likeness (QED) is 0.714. The van der Waals surface area contributed by atoms with Crippen molar-refractivity contribution >= 4 is 17.7 Å². The topological polar surface area (TPSA) is 93.1 Å². The van der Waals surface area contributed by atoms with Crippen LogP contribution in [-0.2, 0) is 0 Å². The largest absolute Gasteiger partial charge is 0.506 e. The normalized spacial score (nSPS) is 19.3. The maximum absolute atomic E-state index is 12.2. The van der Waals surface area contributed by atoms with E-state index in [4.69, 9.17) is 5.11 Å². The molecule has 1 fully saturated rings. The lowest BCUT2D eigenvalue weighted by Gasteiger charge is -2.38. The standard InChI is InChI=1S/C14H19N3O4/c1-9-8-16(2)5-6-17(9)14(21)15-11-4-3-10(13(19)20)7-12(11)18/h3-4,7,9,18H,5-6,8H2,1-2H3,(H,15,21)(H,19,20). The molecule has 0 bridgehead atoms. The smallest absolute Gasteiger partial charge is 0.335 e. The number of amides is 2. The molecule has 3 N–H and O–H groups in total. The number of hydrogen-bond acceptors (Lipinski definition) is 4. The Morgan fingerprint density at radius 1 is 1.33 bits per heavy atom. The van der Waals surface area contributed by atoms with Crippen molar-refractivity contribution < 1.29 is 19.8 Å². The fourth-order valence-corrected chi connectivity index (χ4v) is 2.40. The van der Waals surface area contributed by atoms with Gasteiger partial charge >= 0.3 is 12.0 Å². The first kappa shape index (κ1) is 15.1. The Labute approximate surface area is 122 Å². The summed E-state index contributed by atoms with van der Waals surface area (Å²) < 4.78 is 0. The molecule has 1 saturated heterocycles. The van der Waals surface area contributed by atoms with E-state index in [1.54, 1.807) is 4.90 Å². The summed E-state index contributed by atoms with van der Waals surface area (Å²) >= 11 is 0. The number of carbonyl (C=O) groups is 2. The van der Waals surface area contributed by atoms with Crippen molar-refractivity contribution in [1.82, 2.24) is 9.80 Å². The van der Waals surface area contributed by atoms with Gasteiger partial charge in [-0.15, -0.1) is 0 Å². The Bertz CT molecular complexity index is 561. The molecular formula is C14H19N3O4. The number of benzene rings is 1. The van der Waals surface area contributed by atoms with Gasteiger partial charge in [0, 0.05) is 25.7 Å². The second-order valence-corrected chi connectivity index (χ2v) is 5.27. The van der Waals surface area contributed by atoms with E-state index in [1.165, 1.54) is 12.1 Å². The highest BCUT2D eigenvalue weighted by Crippen LogP contribution is 2.25. The number of piperazine rings is 1. The third-order valence-corrected chi connectivity index (χ3v) is 3.58. The number of phenols is 1. The predicted molar refractivity (Wildman–Crippen MR) is 77.7 cm³/mol. The molecule has 1 aromatic carbocycles. The zero-order chi connectivity index (χ0) is 15.6. The molecule has 114 valence electrons. The summed E-state index contributed by atoms with van der Waals surface area (Å²) in [7, 11) is 2.00. The number of aromatic hydroxyl groups is 1. The molecule has 0 aromatic heterocycles. The van der Waals surface area contributed by atoms with Gasteiger partial charge in [0.15, 0.2) is 0 Å². The molecule has 1 aromatic rings. The fraction of sp³-hybridized carbons (Fsp3) is 0.429. The molecule has 1 aliphatic rings. The zero-order valence-electron chi connectivity index (χ0n) is 12.0. The number of nitrogens with one attached hydrogen (secondary N) is 1. The van der Waals surface area contributed by atoms with Gasteiger partial charge < -0.3 is 25.3 Å². The van der Waals surface area contributed by atoms with E-state index in [0.717, 1.165) is 19.2 Å². The van der Waals surface area contributed by atoms with Gasteiger partial charge in [0.25, 0.3) is 0 Å². The number of rotatable bonds is 2. The van der Waals surface area contributed by atoms with Crippen LogP contribution in [0.15, 0.2) is 18.2 Å². The van der Waals surface area contributed by atoms with Crippen LogP contribution in [0.5, 0.6) is 5.75 Å². The maximum Gasteiger partial charge on any atom is 0.335 e. The third kappa shape index (κ3) is 3.43. The number of carboxylic acids is 1. The van der Waals surface area contributed by atoms with E-state index in [1.807, 2.05) is 14.0 Å². The molecule has 2 rings (SSSR count). The Balaban J connectivity index is 2.07. The Morgan fingerprint density at radius 2 is 2.05 bits per heavy atom. The zero-order valence-corrected chi connectivity index (χ0v) is 12.0. The van der Waals surface area contributed by atoms with Gasteiger partial charge in [0.2, 0.25) is 0 Å². The minimum Gasteiger partial charge on any atom is -0.506 e. The van der Waals surface area contributed by atoms with E-state index in [2.05, 4.69) is 10.2 Å². The average Bonchev–Trinajstić information content (AvgIpc) is 2.40. The van der Waals surface area contributed by atoms with Gasteiger partial charge in [-0.05, 0) is 32.2 Å². The number of likely N-dealkylation sites (N-methyl/N-ethyl adjacent to an activating group) is 1. The number of aromatic carboxylic acids is 1. The lowest BCUT2D eigenvalue weighted by molar-refractivity contribution is 0.0696. The minimum absolute atomic E-state index is 0.0292. The van der Waals surface area contributed by atoms with Gasteiger partial charge in [-0.2, -0.15) is 0 Å². The van der Waals surface area contributed by atoms with E-state index >= 15 is 0 Å². The summed E-state index contributed by atoms with van der Waals surface area (Å²) in [5.74, 6) is -1.39. The lowest BCUT2D eigenvalue weighted by Crippen LogP contribution is -2.53. The first-order valence-electron chi connectivity index (χ1n) is 6.71. The second-order valence-electron chi connectivity index (χ2n) is 5.27. The summed E-state index contributed by atoms with van der Waals surface area (Å²) in [6.45, 7) is 4.15. The molecule has 21 heavy (non-hydrogen) atoms. The first-order chi connectivity index (χ1) is 9.88. The molecule has 2 amide bonds. The SMILES string of the molecule is CC1CN(C)CCN1C(=O)Nc1ccc(C(=O)O)cc1O. The summed E-state index contributed by atoms with van der Waals surface area (Å²) in [5.41, 5.74) is 0.176. The number of nitrogens with zero attached hydrogens (tertiary/aromatic N) is 2. The number of phenolic OH excluding ortho intramolecular Hbond substituents is 1. The highest BCUT2D eigenvalue weighted by molar-refractivity contribution is 5.93. The number of urea groups is 1. The van der Waals surface area contributed by atoms with Gasteiger partial charge in [-0.1, -0.05) is 0 Å². The summed E-state index contributed by atoms with van der Waals surface area (Å²) in [4.78, 5) is 26.9. The summed E-state index contributed by atoms with van der Waals surface area (Å²) in [6.07, 6.45) is 0. The van der Waals surface area contributed by atoms with Crippen molar-refractivity contribution in [2.45, 2.75) is 13.0 Å². The number of carbonyl (C=O) groups excluding carboxylic acids is 1. The van der Waals surface area contributed by atoms with Crippen LogP contribution in [0, 0.1) is 0 Å². The van der Waals surface area contributed by atoms with Gasteiger partial charge in [-0.3, -0.25) is 0 Å². The molecule has 1 heterocycles. The van der Waals surface area contributed by atoms with Crippen molar-refractivity contribution in [1.29, 1.82) is 0 Å². The third-order valence-electron chi connectivity index (χ3n) is 3.58. The molecule has 0 radical (unpaired) electrons. The molecule has 0 spiro atoms. The van der Waals surface area contributed by atoms with Crippen molar-refractivity contribution in [2.75, 3.05) is 32.0 Å². The van der Waals surface area contributed by atoms with Gasteiger partial charge in [-0.25, -0.2) is 9.59 Å². The lowest BCUT2D eigenvalue weighted by atomic mass is 10.2. The van der Waals surface area contributed by atoms with Gasteiger partial charge in [0.1, 0.15) is 5.75 Å². The molecule has 1 unspecified atom stereocenters. The first-order valence-corrected chi connectivity index (χ1v) is 6.71. The molecule has 7 nitrogen and oxygen atoms in total. The fourth-order valence-electron chi connectivity index (χ4n) is 2.40. The molecular weight excluding hydrogens is 274 g/mol. The van der Waals surface area contributed by atoms with Crippen LogP contribution >= 0.6 is 0 Å². The van der Waals surface area contributed by atoms with Crippen LogP contribution in [0.3, 0.4) is 0 Å². The van der Waals surface area contributed by atoms with E-state index in [9.17, 15) is 14.7 Å². The van der Waals surface area contributed by atoms with Crippen molar-refractivity contribution in [3.8, 4) is 5.75 Å². The Hall–Kier alpha value is -2.28. The van der Waals surface area contributed by atoms with Crippen LogP contribution in [0.4, 0.5) is 10.5 Å². The second kappa shape index (κ2) is 6.01. The number of carboxylic acid groups (broad SMARTS) is 1. The average molecular weight is 293 g/mol. The van der Waals surface area contributed by atoms with E-state index in [0.29, 0.717) is 6.54 Å². The summed E-state index contributed by atoms with van der Waals surface area (Å²) in [5, 5.41) is 21.2. The monoisotopic (exact) mass is 293 g/mol.